The number of hydrogen-bond donors (Lipinski definition) is 0. The van der Waals surface area contributed by atoms with E-state index in [1.165, 1.54) is 0 Å². The highest BCUT2D eigenvalue weighted by atomic mass is 16.6. The highest BCUT2D eigenvalue weighted by molar-refractivity contribution is 5.71. The van der Waals surface area contributed by atoms with Gasteiger partial charge in [-0.3, -0.25) is 4.79 Å². The van der Waals surface area contributed by atoms with E-state index in [1.54, 1.807) is 4.90 Å². The molecule has 1 amide bonds. The molecular weight excluding hydrogens is 318 g/mol. The third-order valence-corrected chi connectivity index (χ3v) is 4.18. The summed E-state index contributed by atoms with van der Waals surface area (Å²) >= 11 is 0. The Bertz CT molecular complexity index is 501. The van der Waals surface area contributed by atoms with Crippen molar-refractivity contribution in [2.75, 3.05) is 6.54 Å². The van der Waals surface area contributed by atoms with Gasteiger partial charge in [0.2, 0.25) is 0 Å². The van der Waals surface area contributed by atoms with E-state index in [1.807, 2.05) is 47.6 Å². The van der Waals surface area contributed by atoms with Gasteiger partial charge in [-0.2, -0.15) is 0 Å². The Morgan fingerprint density at radius 3 is 2.20 bits per heavy atom. The molecule has 2 atom stereocenters. The van der Waals surface area contributed by atoms with E-state index in [0.29, 0.717) is 19.4 Å². The molecular formula is C20H35NO4. The lowest BCUT2D eigenvalue weighted by atomic mass is 9.74. The fraction of sp³-hybridized carbons (Fsp3) is 0.800. The van der Waals surface area contributed by atoms with Gasteiger partial charge in [-0.05, 0) is 66.2 Å². The molecule has 0 aromatic carbocycles. The van der Waals surface area contributed by atoms with E-state index in [9.17, 15) is 9.59 Å². The smallest absolute Gasteiger partial charge is 0.410 e. The number of likely N-dealkylation sites (tertiary alicyclic amines) is 1. The van der Waals surface area contributed by atoms with Crippen molar-refractivity contribution in [1.29, 1.82) is 0 Å². The fourth-order valence-corrected chi connectivity index (χ4v) is 3.20. The number of amides is 1. The van der Waals surface area contributed by atoms with Gasteiger partial charge in [0.15, 0.2) is 0 Å². The van der Waals surface area contributed by atoms with Crippen LogP contribution < -0.4 is 0 Å². The molecule has 0 radical (unpaired) electrons. The molecule has 1 fully saturated rings. The maximum atomic E-state index is 12.5. The van der Waals surface area contributed by atoms with Gasteiger partial charge < -0.3 is 14.4 Å². The minimum absolute atomic E-state index is 0.00598. The van der Waals surface area contributed by atoms with Gasteiger partial charge in [-0.15, -0.1) is 6.58 Å². The number of carbonyl (C=O) groups is 2. The minimum atomic E-state index is -0.521. The van der Waals surface area contributed by atoms with Crippen molar-refractivity contribution in [3.05, 3.63) is 12.7 Å². The Kier molecular flexibility index (Phi) is 6.71. The summed E-state index contributed by atoms with van der Waals surface area (Å²) in [6, 6.07) is -0.00598. The lowest BCUT2D eigenvalue weighted by molar-refractivity contribution is -0.158. The van der Waals surface area contributed by atoms with Crippen molar-refractivity contribution in [3.8, 4) is 0 Å². The van der Waals surface area contributed by atoms with Crippen LogP contribution in [0.5, 0.6) is 0 Å². The third-order valence-electron chi connectivity index (χ3n) is 4.18. The van der Waals surface area contributed by atoms with E-state index >= 15 is 0 Å². The Morgan fingerprint density at radius 1 is 1.16 bits per heavy atom. The van der Waals surface area contributed by atoms with Gasteiger partial charge in [-0.25, -0.2) is 4.79 Å². The summed E-state index contributed by atoms with van der Waals surface area (Å²) in [5, 5.41) is 0. The number of rotatable bonds is 4. The average Bonchev–Trinajstić information content (AvgIpc) is 2.33. The van der Waals surface area contributed by atoms with Gasteiger partial charge in [0.25, 0.3) is 0 Å². The van der Waals surface area contributed by atoms with Crippen LogP contribution in [0.1, 0.15) is 74.1 Å². The maximum Gasteiger partial charge on any atom is 0.410 e. The summed E-state index contributed by atoms with van der Waals surface area (Å²) in [7, 11) is 0. The summed E-state index contributed by atoms with van der Waals surface area (Å²) in [4.78, 5) is 26.5. The summed E-state index contributed by atoms with van der Waals surface area (Å²) in [5.41, 5.74) is -1.19. The fourth-order valence-electron chi connectivity index (χ4n) is 3.20. The first-order chi connectivity index (χ1) is 11.2. The molecule has 0 N–H and O–H groups in total. The van der Waals surface area contributed by atoms with E-state index in [2.05, 4.69) is 13.5 Å². The van der Waals surface area contributed by atoms with Crippen molar-refractivity contribution in [2.45, 2.75) is 91.4 Å². The van der Waals surface area contributed by atoms with Gasteiger partial charge in [0.05, 0.1) is 6.42 Å². The van der Waals surface area contributed by atoms with Gasteiger partial charge >= 0.3 is 12.1 Å². The molecule has 1 aliphatic heterocycles. The quantitative estimate of drug-likeness (QED) is 0.543. The monoisotopic (exact) mass is 353 g/mol. The molecule has 5 nitrogen and oxygen atoms in total. The zero-order chi connectivity index (χ0) is 19.5. The number of ether oxygens (including phenoxy) is 2. The summed E-state index contributed by atoms with van der Waals surface area (Å²) in [6.07, 6.45) is 4.06. The molecule has 0 aliphatic carbocycles. The summed E-state index contributed by atoms with van der Waals surface area (Å²) < 4.78 is 11.0. The predicted molar refractivity (Wildman–Crippen MR) is 99.3 cm³/mol. The maximum absolute atomic E-state index is 12.5. The third kappa shape index (κ3) is 7.49. The second-order valence-electron chi connectivity index (χ2n) is 9.38. The Morgan fingerprint density at radius 2 is 1.72 bits per heavy atom. The van der Waals surface area contributed by atoms with Crippen molar-refractivity contribution in [2.24, 2.45) is 5.41 Å². The molecule has 1 rings (SSSR count). The lowest BCUT2D eigenvalue weighted by Gasteiger charge is -2.44. The predicted octanol–water partition coefficient (Wildman–Crippen LogP) is 4.70. The van der Waals surface area contributed by atoms with Gasteiger partial charge in [-0.1, -0.05) is 13.0 Å². The second-order valence-corrected chi connectivity index (χ2v) is 9.38. The van der Waals surface area contributed by atoms with Crippen LogP contribution >= 0.6 is 0 Å². The van der Waals surface area contributed by atoms with Crippen molar-refractivity contribution in [1.82, 2.24) is 4.90 Å². The Balaban J connectivity index is 2.80. The molecule has 144 valence electrons. The molecule has 1 saturated heterocycles. The number of hydrogen-bond acceptors (Lipinski definition) is 4. The largest absolute Gasteiger partial charge is 0.460 e. The first-order valence-electron chi connectivity index (χ1n) is 9.07. The van der Waals surface area contributed by atoms with Gasteiger partial charge in [0.1, 0.15) is 11.2 Å². The van der Waals surface area contributed by atoms with Crippen molar-refractivity contribution >= 4 is 12.1 Å². The highest BCUT2D eigenvalue weighted by Gasteiger charge is 2.41. The molecule has 5 heteroatoms. The number of piperidine rings is 1. The van der Waals surface area contributed by atoms with E-state index < -0.39 is 11.2 Å². The normalized spacial score (nSPS) is 24.6. The SMILES string of the molecule is C=CC[C@@H]1CC(C)(CC(=O)OC(C)(C)C)CCN1C(=O)OC(C)(C)C. The highest BCUT2D eigenvalue weighted by Crippen LogP contribution is 2.39. The van der Waals surface area contributed by atoms with E-state index in [-0.39, 0.29) is 23.5 Å². The molecule has 1 unspecified atom stereocenters. The Hall–Kier alpha value is -1.52. The molecule has 0 aromatic heterocycles. The van der Waals surface area contributed by atoms with Crippen LogP contribution in [0.15, 0.2) is 12.7 Å². The first kappa shape index (κ1) is 21.5. The summed E-state index contributed by atoms with van der Waals surface area (Å²) in [5.74, 6) is -0.182. The Labute approximate surface area is 152 Å². The molecule has 1 aliphatic rings. The molecule has 0 spiro atoms. The first-order valence-corrected chi connectivity index (χ1v) is 9.07. The van der Waals surface area contributed by atoms with E-state index in [0.717, 1.165) is 12.8 Å². The van der Waals surface area contributed by atoms with Gasteiger partial charge in [0, 0.05) is 12.6 Å². The number of carbonyl (C=O) groups excluding carboxylic acids is 2. The van der Waals surface area contributed by atoms with E-state index in [4.69, 9.17) is 9.47 Å². The topological polar surface area (TPSA) is 55.8 Å². The molecule has 0 saturated carbocycles. The lowest BCUT2D eigenvalue weighted by Crippen LogP contribution is -2.51. The zero-order valence-electron chi connectivity index (χ0n) is 17.0. The number of esters is 1. The van der Waals surface area contributed by atoms with Crippen LogP contribution in [0.4, 0.5) is 4.79 Å². The second kappa shape index (κ2) is 7.79. The van der Waals surface area contributed by atoms with Crippen LogP contribution in [0.25, 0.3) is 0 Å². The molecule has 0 aromatic rings. The van der Waals surface area contributed by atoms with Crippen LogP contribution in [0, 0.1) is 5.41 Å². The molecule has 1 heterocycles. The van der Waals surface area contributed by atoms with Crippen LogP contribution in [-0.2, 0) is 14.3 Å². The number of nitrogens with zero attached hydrogens (tertiary/aromatic N) is 1. The van der Waals surface area contributed by atoms with Crippen LogP contribution in [0.2, 0.25) is 0 Å². The average molecular weight is 354 g/mol. The van der Waals surface area contributed by atoms with Crippen molar-refractivity contribution in [3.63, 3.8) is 0 Å². The standard InChI is InChI=1S/C20H35NO4/c1-9-10-15-13-20(8,14-16(22)24-18(2,3)4)11-12-21(15)17(23)25-19(5,6)7/h9,15H,1,10-14H2,2-8H3/t15-,20?/m1/s1. The minimum Gasteiger partial charge on any atom is -0.460 e. The zero-order valence-corrected chi connectivity index (χ0v) is 17.0. The molecule has 25 heavy (non-hydrogen) atoms. The van der Waals surface area contributed by atoms with Crippen molar-refractivity contribution < 1.29 is 19.1 Å². The molecule has 0 bridgehead atoms. The summed E-state index contributed by atoms with van der Waals surface area (Å²) in [6.45, 7) is 17.7. The van der Waals surface area contributed by atoms with Crippen LogP contribution in [-0.4, -0.2) is 40.8 Å². The van der Waals surface area contributed by atoms with Crippen LogP contribution in [0.3, 0.4) is 0 Å².